The topological polar surface area (TPSA) is 121 Å². The van der Waals surface area contributed by atoms with Gasteiger partial charge < -0.3 is 10.3 Å². The van der Waals surface area contributed by atoms with Crippen molar-refractivity contribution >= 4 is 34.3 Å². The number of fused-ring (bicyclic) bond motifs is 2. The van der Waals surface area contributed by atoms with E-state index < -0.39 is 0 Å². The lowest BCUT2D eigenvalue weighted by Gasteiger charge is -2.08. The van der Waals surface area contributed by atoms with Gasteiger partial charge in [0, 0.05) is 24.6 Å². The molecule has 0 bridgehead atoms. The summed E-state index contributed by atoms with van der Waals surface area (Å²) in [5.41, 5.74) is 2.90. The molecule has 5 rings (SSSR count). The fourth-order valence-corrected chi connectivity index (χ4v) is 4.10. The van der Waals surface area contributed by atoms with Crippen LogP contribution in [0.25, 0.3) is 28.1 Å². The number of benzene rings is 2. The summed E-state index contributed by atoms with van der Waals surface area (Å²) in [6.45, 7) is 0.466. The first-order chi connectivity index (χ1) is 15.7. The minimum Gasteiger partial charge on any atom is -0.355 e. The van der Waals surface area contributed by atoms with Gasteiger partial charge in [-0.2, -0.15) is 0 Å². The molecule has 160 valence electrons. The van der Waals surface area contributed by atoms with E-state index in [1.807, 2.05) is 54.6 Å². The van der Waals surface area contributed by atoms with E-state index in [1.54, 1.807) is 0 Å². The number of para-hydroxylation sites is 2. The van der Waals surface area contributed by atoms with Crippen LogP contribution >= 0.6 is 11.8 Å². The zero-order valence-corrected chi connectivity index (χ0v) is 17.7. The summed E-state index contributed by atoms with van der Waals surface area (Å²) in [4.78, 5) is 41.0. The second kappa shape index (κ2) is 8.67. The molecule has 1 amide bonds. The van der Waals surface area contributed by atoms with E-state index in [9.17, 15) is 9.59 Å². The quantitative estimate of drug-likeness (QED) is 0.331. The largest absolute Gasteiger partial charge is 0.355 e. The van der Waals surface area contributed by atoms with E-state index in [0.717, 1.165) is 22.4 Å². The van der Waals surface area contributed by atoms with E-state index in [1.165, 1.54) is 22.3 Å². The van der Waals surface area contributed by atoms with Gasteiger partial charge in [0.25, 0.3) is 5.56 Å². The van der Waals surface area contributed by atoms with Gasteiger partial charge in [-0.05, 0) is 12.1 Å². The van der Waals surface area contributed by atoms with Crippen molar-refractivity contribution in [2.75, 3.05) is 12.3 Å². The van der Waals surface area contributed by atoms with Crippen molar-refractivity contribution in [3.8, 4) is 11.4 Å². The molecule has 0 saturated heterocycles. The highest BCUT2D eigenvalue weighted by molar-refractivity contribution is 7.99. The van der Waals surface area contributed by atoms with Crippen LogP contribution in [0.15, 0.2) is 70.6 Å². The first kappa shape index (κ1) is 20.0. The zero-order valence-electron chi connectivity index (χ0n) is 16.9. The Hall–Kier alpha value is -3.92. The summed E-state index contributed by atoms with van der Waals surface area (Å²) >= 11 is 1.24. The Morgan fingerprint density at radius 3 is 2.69 bits per heavy atom. The van der Waals surface area contributed by atoms with Gasteiger partial charge in [0.2, 0.25) is 5.91 Å². The minimum absolute atomic E-state index is 0.131. The molecule has 0 atom stereocenters. The van der Waals surface area contributed by atoms with E-state index in [0.29, 0.717) is 29.6 Å². The van der Waals surface area contributed by atoms with Gasteiger partial charge in [0.1, 0.15) is 5.82 Å². The van der Waals surface area contributed by atoms with Crippen molar-refractivity contribution in [1.29, 1.82) is 0 Å². The van der Waals surface area contributed by atoms with Crippen LogP contribution in [-0.2, 0) is 11.2 Å². The van der Waals surface area contributed by atoms with Crippen molar-refractivity contribution in [2.45, 2.75) is 11.6 Å². The standard InChI is InChI=1S/C22H19N7O2S/c30-19-12-18-26-21(14-6-2-1-3-7-14)27-22(29(18)28-19)32-13-20(31)23-11-10-17-24-15-8-4-5-9-16(15)25-17/h1-9,12H,10-11,13H2,(H,23,31)(H,24,25)(H,28,30). The average Bonchev–Trinajstić information content (AvgIpc) is 3.40. The van der Waals surface area contributed by atoms with Crippen molar-refractivity contribution in [2.24, 2.45) is 0 Å². The molecular formula is C22H19N7O2S. The molecule has 0 saturated carbocycles. The van der Waals surface area contributed by atoms with Crippen LogP contribution in [0.5, 0.6) is 0 Å². The number of aromatic amines is 2. The highest BCUT2D eigenvalue weighted by atomic mass is 32.2. The number of aromatic nitrogens is 6. The lowest BCUT2D eigenvalue weighted by Crippen LogP contribution is -2.27. The van der Waals surface area contributed by atoms with Gasteiger partial charge in [-0.1, -0.05) is 54.2 Å². The number of nitrogens with zero attached hydrogens (tertiary/aromatic N) is 4. The molecule has 5 aromatic rings. The predicted molar refractivity (Wildman–Crippen MR) is 123 cm³/mol. The van der Waals surface area contributed by atoms with Gasteiger partial charge >= 0.3 is 0 Å². The molecule has 0 aliphatic rings. The van der Waals surface area contributed by atoms with E-state index in [-0.39, 0.29) is 17.2 Å². The molecule has 9 nitrogen and oxygen atoms in total. The monoisotopic (exact) mass is 445 g/mol. The average molecular weight is 446 g/mol. The highest BCUT2D eigenvalue weighted by Gasteiger charge is 2.13. The number of nitrogens with one attached hydrogen (secondary N) is 3. The molecule has 3 heterocycles. The maximum atomic E-state index is 12.4. The summed E-state index contributed by atoms with van der Waals surface area (Å²) in [6, 6.07) is 18.7. The van der Waals surface area contributed by atoms with Crippen molar-refractivity contribution in [3.63, 3.8) is 0 Å². The minimum atomic E-state index is -0.276. The number of amides is 1. The van der Waals surface area contributed by atoms with Crippen molar-refractivity contribution in [3.05, 3.63) is 76.8 Å². The molecule has 10 heteroatoms. The Bertz CT molecular complexity index is 1420. The second-order valence-electron chi connectivity index (χ2n) is 7.10. The van der Waals surface area contributed by atoms with Gasteiger partial charge in [-0.25, -0.2) is 19.5 Å². The van der Waals surface area contributed by atoms with Crippen LogP contribution in [0.4, 0.5) is 0 Å². The van der Waals surface area contributed by atoms with E-state index in [4.69, 9.17) is 0 Å². The zero-order chi connectivity index (χ0) is 21.9. The number of carbonyl (C=O) groups is 1. The lowest BCUT2D eigenvalue weighted by atomic mass is 10.2. The molecule has 0 unspecified atom stereocenters. The van der Waals surface area contributed by atoms with Gasteiger partial charge in [0.05, 0.1) is 16.8 Å². The van der Waals surface area contributed by atoms with Gasteiger partial charge in [0.15, 0.2) is 16.6 Å². The number of H-pyrrole nitrogens is 2. The molecule has 2 aromatic carbocycles. The summed E-state index contributed by atoms with van der Waals surface area (Å²) in [5.74, 6) is 1.35. The van der Waals surface area contributed by atoms with Crippen LogP contribution in [0, 0.1) is 0 Å². The second-order valence-corrected chi connectivity index (χ2v) is 8.04. The molecule has 3 N–H and O–H groups in total. The normalized spacial score (nSPS) is 11.2. The van der Waals surface area contributed by atoms with Gasteiger partial charge in [-0.3, -0.25) is 14.7 Å². The summed E-state index contributed by atoms with van der Waals surface area (Å²) in [7, 11) is 0. The number of imidazole rings is 1. The van der Waals surface area contributed by atoms with Crippen molar-refractivity contribution < 1.29 is 4.79 Å². The smallest absolute Gasteiger partial charge is 0.266 e. The molecule has 0 fully saturated rings. The predicted octanol–water partition coefficient (Wildman–Crippen LogP) is 2.41. The third-order valence-electron chi connectivity index (χ3n) is 4.81. The number of hydrogen-bond acceptors (Lipinski definition) is 6. The summed E-state index contributed by atoms with van der Waals surface area (Å²) in [6.07, 6.45) is 0.603. The van der Waals surface area contributed by atoms with Gasteiger partial charge in [-0.15, -0.1) is 0 Å². The fraction of sp³-hybridized carbons (Fsp3) is 0.136. The third-order valence-corrected chi connectivity index (χ3v) is 5.75. The Morgan fingerprint density at radius 1 is 1.03 bits per heavy atom. The summed E-state index contributed by atoms with van der Waals surface area (Å²) in [5, 5.41) is 6.07. The Kier molecular flexibility index (Phi) is 5.42. The maximum absolute atomic E-state index is 12.4. The molecular weight excluding hydrogens is 426 g/mol. The first-order valence-corrected chi connectivity index (χ1v) is 11.0. The highest BCUT2D eigenvalue weighted by Crippen LogP contribution is 2.21. The van der Waals surface area contributed by atoms with Crippen LogP contribution in [-0.4, -0.2) is 47.8 Å². The number of thioether (sulfide) groups is 1. The molecule has 0 aliphatic heterocycles. The molecule has 0 aliphatic carbocycles. The maximum Gasteiger partial charge on any atom is 0.266 e. The van der Waals surface area contributed by atoms with E-state index in [2.05, 4.69) is 30.4 Å². The van der Waals surface area contributed by atoms with Crippen molar-refractivity contribution in [1.82, 2.24) is 34.9 Å². The first-order valence-electron chi connectivity index (χ1n) is 10.0. The van der Waals surface area contributed by atoms with Crippen LogP contribution < -0.4 is 10.9 Å². The third kappa shape index (κ3) is 4.26. The van der Waals surface area contributed by atoms with Crippen LogP contribution in [0.2, 0.25) is 0 Å². The number of carbonyl (C=O) groups excluding carboxylic acids is 1. The SMILES string of the molecule is O=C(CSc1nc(-c2ccccc2)nc2cc(=O)[nH]n12)NCCc1nc2ccccc2[nH]1. The molecule has 3 aromatic heterocycles. The fourth-order valence-electron chi connectivity index (χ4n) is 3.32. The lowest BCUT2D eigenvalue weighted by molar-refractivity contribution is -0.118. The Balaban J connectivity index is 1.25. The number of rotatable bonds is 7. The van der Waals surface area contributed by atoms with Crippen LogP contribution in [0.3, 0.4) is 0 Å². The van der Waals surface area contributed by atoms with Crippen LogP contribution in [0.1, 0.15) is 5.82 Å². The molecule has 32 heavy (non-hydrogen) atoms. The van der Waals surface area contributed by atoms with E-state index >= 15 is 0 Å². The Morgan fingerprint density at radius 2 is 1.84 bits per heavy atom. The Labute approximate surface area is 186 Å². The molecule has 0 radical (unpaired) electrons. The summed E-state index contributed by atoms with van der Waals surface area (Å²) < 4.78 is 1.50. The number of hydrogen-bond donors (Lipinski definition) is 3. The molecule has 0 spiro atoms.